The third kappa shape index (κ3) is 3.89. The number of alkyl carbamates (subject to hydrolysis) is 1. The van der Waals surface area contributed by atoms with Crippen molar-refractivity contribution in [2.45, 2.75) is 57.8 Å². The van der Waals surface area contributed by atoms with Gasteiger partial charge in [0, 0.05) is 19.6 Å². The highest BCUT2D eigenvalue weighted by molar-refractivity contribution is 5.80. The van der Waals surface area contributed by atoms with Gasteiger partial charge in [-0.25, -0.2) is 4.79 Å². The molecule has 1 spiro atoms. The highest BCUT2D eigenvalue weighted by atomic mass is 16.5. The molecule has 0 unspecified atom stereocenters. The molecule has 2 saturated heterocycles. The van der Waals surface area contributed by atoms with E-state index in [-0.39, 0.29) is 11.8 Å². The Bertz CT molecular complexity index is 729. The second-order valence-corrected chi connectivity index (χ2v) is 9.26. The number of nitrogens with zero attached hydrogens (tertiary/aromatic N) is 1. The lowest BCUT2D eigenvalue weighted by molar-refractivity contribution is -0.139. The number of hydrogen-bond donors (Lipinski definition) is 1. The van der Waals surface area contributed by atoms with Crippen LogP contribution < -0.4 is 5.32 Å². The van der Waals surface area contributed by atoms with Crippen LogP contribution in [0, 0.1) is 11.3 Å². The first-order valence-electron chi connectivity index (χ1n) is 10.7. The number of likely N-dealkylation sites (tertiary alicyclic amines) is 1. The first-order chi connectivity index (χ1) is 13.5. The summed E-state index contributed by atoms with van der Waals surface area (Å²) in [6.07, 6.45) is 4.93. The predicted octanol–water partition coefficient (Wildman–Crippen LogP) is 4.04. The van der Waals surface area contributed by atoms with E-state index in [1.54, 1.807) is 0 Å². The molecular formula is C23H32N2O3. The first kappa shape index (κ1) is 19.3. The monoisotopic (exact) mass is 384 g/mol. The summed E-state index contributed by atoms with van der Waals surface area (Å²) in [7, 11) is 0. The van der Waals surface area contributed by atoms with Gasteiger partial charge in [-0.1, -0.05) is 38.1 Å². The second kappa shape index (κ2) is 7.76. The summed E-state index contributed by atoms with van der Waals surface area (Å²) in [4.78, 5) is 26.2. The van der Waals surface area contributed by atoms with Gasteiger partial charge in [-0.2, -0.15) is 0 Å². The molecule has 2 heterocycles. The molecule has 1 aliphatic carbocycles. The van der Waals surface area contributed by atoms with Gasteiger partial charge in [-0.15, -0.1) is 0 Å². The number of amides is 2. The molecular weight excluding hydrogens is 352 g/mol. The van der Waals surface area contributed by atoms with Crippen LogP contribution in [0.2, 0.25) is 0 Å². The number of piperidine rings is 1. The minimum Gasteiger partial charge on any atom is -0.450 e. The average molecular weight is 385 g/mol. The molecule has 2 amide bonds. The highest BCUT2D eigenvalue weighted by Gasteiger charge is 2.47. The zero-order valence-electron chi connectivity index (χ0n) is 17.1. The number of carbonyl (C=O) groups is 2. The fraction of sp³-hybridized carbons (Fsp3) is 0.652. The van der Waals surface area contributed by atoms with E-state index in [1.165, 1.54) is 24.0 Å². The Balaban J connectivity index is 1.30. The van der Waals surface area contributed by atoms with Gasteiger partial charge in [0.1, 0.15) is 0 Å². The standard InChI is InChI=1S/C23H32N2O3/c1-16(2)17-4-3-5-18(12-17)20-13-23(14-20)7-9-25(10-8-23)21(26)19-6-11-28-22(27)24-15-19/h3-5,12,16,19-20H,6-11,13-15H2,1-2H3,(H,24,27)/t19-/m1/s1. The molecule has 3 fully saturated rings. The highest BCUT2D eigenvalue weighted by Crippen LogP contribution is 2.56. The lowest BCUT2D eigenvalue weighted by Gasteiger charge is -2.53. The van der Waals surface area contributed by atoms with Crippen molar-refractivity contribution in [3.63, 3.8) is 0 Å². The molecule has 3 aliphatic rings. The van der Waals surface area contributed by atoms with Crippen molar-refractivity contribution in [3.8, 4) is 0 Å². The Labute approximate surface area is 167 Å². The number of carbonyl (C=O) groups excluding carboxylic acids is 2. The smallest absolute Gasteiger partial charge is 0.407 e. The average Bonchev–Trinajstić information content (AvgIpc) is 2.90. The molecule has 28 heavy (non-hydrogen) atoms. The SMILES string of the molecule is CC(C)c1cccc(C2CC3(CCN(C(=O)[C@@H]4CCOC(=O)NC4)CC3)C2)c1. The van der Waals surface area contributed by atoms with E-state index in [0.717, 1.165) is 25.9 Å². The van der Waals surface area contributed by atoms with Gasteiger partial charge in [-0.05, 0) is 60.5 Å². The number of nitrogens with one attached hydrogen (secondary N) is 1. The van der Waals surface area contributed by atoms with Crippen LogP contribution in [-0.2, 0) is 9.53 Å². The molecule has 4 rings (SSSR count). The van der Waals surface area contributed by atoms with E-state index in [4.69, 9.17) is 4.74 Å². The van der Waals surface area contributed by atoms with Crippen molar-refractivity contribution in [2.24, 2.45) is 11.3 Å². The van der Waals surface area contributed by atoms with E-state index in [0.29, 0.717) is 36.8 Å². The van der Waals surface area contributed by atoms with E-state index < -0.39 is 6.09 Å². The summed E-state index contributed by atoms with van der Waals surface area (Å²) in [5.41, 5.74) is 3.35. The summed E-state index contributed by atoms with van der Waals surface area (Å²) >= 11 is 0. The molecule has 0 radical (unpaired) electrons. The molecule has 1 N–H and O–H groups in total. The van der Waals surface area contributed by atoms with Crippen molar-refractivity contribution < 1.29 is 14.3 Å². The lowest BCUT2D eigenvalue weighted by atomic mass is 9.56. The van der Waals surface area contributed by atoms with Crippen molar-refractivity contribution in [1.82, 2.24) is 10.2 Å². The van der Waals surface area contributed by atoms with Crippen molar-refractivity contribution in [1.29, 1.82) is 0 Å². The Hall–Kier alpha value is -2.04. The third-order valence-electron chi connectivity index (χ3n) is 7.08. The number of benzene rings is 1. The molecule has 1 aromatic rings. The predicted molar refractivity (Wildman–Crippen MR) is 108 cm³/mol. The summed E-state index contributed by atoms with van der Waals surface area (Å²) in [5.74, 6) is 1.28. The van der Waals surface area contributed by atoms with Gasteiger partial charge >= 0.3 is 6.09 Å². The molecule has 1 saturated carbocycles. The first-order valence-corrected chi connectivity index (χ1v) is 10.7. The molecule has 0 aromatic heterocycles. The molecule has 5 nitrogen and oxygen atoms in total. The number of hydrogen-bond acceptors (Lipinski definition) is 3. The zero-order chi connectivity index (χ0) is 19.7. The summed E-state index contributed by atoms with van der Waals surface area (Å²) < 4.78 is 4.99. The minimum absolute atomic E-state index is 0.145. The molecule has 0 bridgehead atoms. The van der Waals surface area contributed by atoms with E-state index in [2.05, 4.69) is 43.4 Å². The topological polar surface area (TPSA) is 58.6 Å². The van der Waals surface area contributed by atoms with Crippen molar-refractivity contribution in [2.75, 3.05) is 26.2 Å². The molecule has 1 atom stereocenters. The summed E-state index contributed by atoms with van der Waals surface area (Å²) in [6.45, 7) is 6.93. The fourth-order valence-corrected chi connectivity index (χ4v) is 5.13. The number of ether oxygens (including phenoxy) is 1. The summed E-state index contributed by atoms with van der Waals surface area (Å²) in [5, 5.41) is 2.68. The fourth-order valence-electron chi connectivity index (χ4n) is 5.13. The van der Waals surface area contributed by atoms with Crippen LogP contribution in [-0.4, -0.2) is 43.1 Å². The van der Waals surface area contributed by atoms with Gasteiger partial charge in [0.2, 0.25) is 5.91 Å². The van der Waals surface area contributed by atoms with Crippen LogP contribution in [0.5, 0.6) is 0 Å². The second-order valence-electron chi connectivity index (χ2n) is 9.26. The largest absolute Gasteiger partial charge is 0.450 e. The van der Waals surface area contributed by atoms with Crippen molar-refractivity contribution >= 4 is 12.0 Å². The van der Waals surface area contributed by atoms with Crippen molar-refractivity contribution in [3.05, 3.63) is 35.4 Å². The van der Waals surface area contributed by atoms with Gasteiger partial charge in [0.05, 0.1) is 12.5 Å². The van der Waals surface area contributed by atoms with E-state index >= 15 is 0 Å². The Morgan fingerprint density at radius 3 is 2.71 bits per heavy atom. The van der Waals surface area contributed by atoms with Gasteiger partial charge in [0.15, 0.2) is 0 Å². The minimum atomic E-state index is -0.407. The third-order valence-corrected chi connectivity index (χ3v) is 7.08. The normalized spacial score (nSPS) is 25.0. The van der Waals surface area contributed by atoms with Crippen LogP contribution in [0.1, 0.15) is 68.9 Å². The Kier molecular flexibility index (Phi) is 5.35. The molecule has 5 heteroatoms. The molecule has 2 aliphatic heterocycles. The van der Waals surface area contributed by atoms with Crippen LogP contribution >= 0.6 is 0 Å². The van der Waals surface area contributed by atoms with Gasteiger partial charge in [-0.3, -0.25) is 4.79 Å². The lowest BCUT2D eigenvalue weighted by Crippen LogP contribution is -2.50. The zero-order valence-corrected chi connectivity index (χ0v) is 17.1. The summed E-state index contributed by atoms with van der Waals surface area (Å²) in [6, 6.07) is 9.10. The maximum Gasteiger partial charge on any atom is 0.407 e. The van der Waals surface area contributed by atoms with Crippen LogP contribution in [0.25, 0.3) is 0 Å². The molecule has 1 aromatic carbocycles. The molecule has 152 valence electrons. The van der Waals surface area contributed by atoms with E-state index in [1.807, 2.05) is 4.90 Å². The van der Waals surface area contributed by atoms with Crippen LogP contribution in [0.15, 0.2) is 24.3 Å². The van der Waals surface area contributed by atoms with Gasteiger partial charge in [0.25, 0.3) is 0 Å². The Morgan fingerprint density at radius 2 is 2.00 bits per heavy atom. The maximum absolute atomic E-state index is 12.8. The number of cyclic esters (lactones) is 1. The number of rotatable bonds is 3. The van der Waals surface area contributed by atoms with E-state index in [9.17, 15) is 9.59 Å². The van der Waals surface area contributed by atoms with Crippen LogP contribution in [0.4, 0.5) is 4.79 Å². The quantitative estimate of drug-likeness (QED) is 0.856. The Morgan fingerprint density at radius 1 is 1.25 bits per heavy atom. The van der Waals surface area contributed by atoms with Gasteiger partial charge < -0.3 is 15.0 Å². The maximum atomic E-state index is 12.8. The van der Waals surface area contributed by atoms with Crippen LogP contribution in [0.3, 0.4) is 0 Å².